The van der Waals surface area contributed by atoms with Crippen LogP contribution in [0.25, 0.3) is 0 Å². The number of ether oxygens (including phenoxy) is 4. The Morgan fingerprint density at radius 3 is 2.15 bits per heavy atom. The standard InChI is InChI=1S/C30H40FN3O6/c1-9-33-29(36)40-26-20(30(5,6)7)13-18(14-22(26)37-10-2)21(35)17-34-16-19-15-23(38-11-3)27(39-12-4)25(31)24(19)28(34)32-8/h13-15H,9-12,16-17H2,1-8H3,(H,33,36)/b32-28-. The third-order valence-electron chi connectivity index (χ3n) is 6.29. The number of amides is 1. The van der Waals surface area contributed by atoms with E-state index in [1.807, 2.05) is 34.6 Å². The molecule has 0 radical (unpaired) electrons. The molecule has 2 aromatic carbocycles. The van der Waals surface area contributed by atoms with Crippen LogP contribution >= 0.6 is 0 Å². The highest BCUT2D eigenvalue weighted by molar-refractivity contribution is 6.07. The number of rotatable bonds is 11. The van der Waals surface area contributed by atoms with Crippen molar-refractivity contribution in [2.45, 2.75) is 60.4 Å². The number of Topliss-reactive ketones (excluding diaryl/α,β-unsaturated/α-hetero) is 1. The van der Waals surface area contributed by atoms with Gasteiger partial charge in [0.15, 0.2) is 34.6 Å². The molecule has 0 fully saturated rings. The first kappa shape index (κ1) is 30.7. The van der Waals surface area contributed by atoms with Gasteiger partial charge in [-0.05, 0) is 56.9 Å². The minimum absolute atomic E-state index is 0.0382. The molecule has 0 atom stereocenters. The van der Waals surface area contributed by atoms with Crippen LogP contribution in [-0.2, 0) is 12.0 Å². The summed E-state index contributed by atoms with van der Waals surface area (Å²) in [7, 11) is 1.57. The first-order valence-electron chi connectivity index (χ1n) is 13.6. The van der Waals surface area contributed by atoms with E-state index >= 15 is 4.39 Å². The molecule has 0 unspecified atom stereocenters. The van der Waals surface area contributed by atoms with Crippen molar-refractivity contribution in [1.29, 1.82) is 0 Å². The van der Waals surface area contributed by atoms with E-state index < -0.39 is 17.3 Å². The number of ketones is 1. The topological polar surface area (TPSA) is 98.7 Å². The summed E-state index contributed by atoms with van der Waals surface area (Å²) in [6.07, 6.45) is -0.605. The Labute approximate surface area is 235 Å². The van der Waals surface area contributed by atoms with Crippen molar-refractivity contribution in [3.8, 4) is 23.0 Å². The Hall–Kier alpha value is -3.82. The van der Waals surface area contributed by atoms with Gasteiger partial charge < -0.3 is 29.2 Å². The van der Waals surface area contributed by atoms with Gasteiger partial charge in [-0.1, -0.05) is 20.8 Å². The molecule has 1 amide bonds. The molecule has 40 heavy (non-hydrogen) atoms. The van der Waals surface area contributed by atoms with Crippen molar-refractivity contribution in [2.75, 3.05) is 40.0 Å². The zero-order valence-corrected chi connectivity index (χ0v) is 24.7. The van der Waals surface area contributed by atoms with Crippen LogP contribution in [0.4, 0.5) is 9.18 Å². The molecule has 0 saturated heterocycles. The summed E-state index contributed by atoms with van der Waals surface area (Å²) in [4.78, 5) is 32.1. The molecule has 0 bridgehead atoms. The van der Waals surface area contributed by atoms with Crippen molar-refractivity contribution >= 4 is 17.7 Å². The zero-order chi connectivity index (χ0) is 29.6. The molecule has 218 valence electrons. The van der Waals surface area contributed by atoms with Crippen molar-refractivity contribution in [3.63, 3.8) is 0 Å². The van der Waals surface area contributed by atoms with E-state index in [1.165, 1.54) is 0 Å². The number of fused-ring (bicyclic) bond motifs is 1. The lowest BCUT2D eigenvalue weighted by Gasteiger charge is -2.25. The lowest BCUT2D eigenvalue weighted by molar-refractivity contribution is 0.0962. The quantitative estimate of drug-likeness (QED) is 0.364. The number of halogens is 1. The molecule has 9 nitrogen and oxygen atoms in total. The van der Waals surface area contributed by atoms with Gasteiger partial charge in [-0.25, -0.2) is 9.18 Å². The summed E-state index contributed by atoms with van der Waals surface area (Å²) in [5, 5.41) is 2.62. The van der Waals surface area contributed by atoms with Gasteiger partial charge in [-0.2, -0.15) is 0 Å². The molecular weight excluding hydrogens is 517 g/mol. The number of amidine groups is 1. The van der Waals surface area contributed by atoms with E-state index in [2.05, 4.69) is 10.3 Å². The highest BCUT2D eigenvalue weighted by Crippen LogP contribution is 2.41. The first-order valence-corrected chi connectivity index (χ1v) is 13.6. The number of hydrogen-bond acceptors (Lipinski definition) is 7. The molecule has 0 aliphatic carbocycles. The molecule has 10 heteroatoms. The van der Waals surface area contributed by atoms with E-state index in [9.17, 15) is 9.59 Å². The van der Waals surface area contributed by atoms with E-state index in [0.717, 1.165) is 0 Å². The Morgan fingerprint density at radius 1 is 0.975 bits per heavy atom. The molecule has 0 aromatic heterocycles. The van der Waals surface area contributed by atoms with E-state index in [1.54, 1.807) is 44.0 Å². The number of nitrogens with zero attached hydrogens (tertiary/aromatic N) is 2. The van der Waals surface area contributed by atoms with Gasteiger partial charge in [0.25, 0.3) is 0 Å². The van der Waals surface area contributed by atoms with Crippen LogP contribution in [0.1, 0.15) is 75.5 Å². The monoisotopic (exact) mass is 557 g/mol. The van der Waals surface area contributed by atoms with Crippen LogP contribution in [0.2, 0.25) is 0 Å². The van der Waals surface area contributed by atoms with Crippen LogP contribution in [0.5, 0.6) is 23.0 Å². The first-order chi connectivity index (χ1) is 19.0. The third kappa shape index (κ3) is 6.48. The second-order valence-electron chi connectivity index (χ2n) is 10.2. The minimum atomic E-state index is -0.605. The molecule has 1 aliphatic rings. The summed E-state index contributed by atoms with van der Waals surface area (Å²) in [5.74, 6) is 0.517. The van der Waals surface area contributed by atoms with Crippen LogP contribution in [-0.4, -0.2) is 62.6 Å². The molecule has 2 aromatic rings. The van der Waals surface area contributed by atoms with Gasteiger partial charge in [0, 0.05) is 31.3 Å². The summed E-state index contributed by atoms with van der Waals surface area (Å²) in [6.45, 7) is 14.7. The van der Waals surface area contributed by atoms with Crippen LogP contribution in [0, 0.1) is 5.82 Å². The Morgan fingerprint density at radius 2 is 1.60 bits per heavy atom. The Bertz CT molecular complexity index is 1290. The predicted molar refractivity (Wildman–Crippen MR) is 152 cm³/mol. The van der Waals surface area contributed by atoms with Crippen LogP contribution in [0.3, 0.4) is 0 Å². The maximum absolute atomic E-state index is 15.7. The maximum atomic E-state index is 15.7. The van der Waals surface area contributed by atoms with E-state index in [-0.39, 0.29) is 37.0 Å². The van der Waals surface area contributed by atoms with E-state index in [4.69, 9.17) is 18.9 Å². The number of hydrogen-bond donors (Lipinski definition) is 1. The van der Waals surface area contributed by atoms with Gasteiger partial charge in [0.2, 0.25) is 0 Å². The average Bonchev–Trinajstić information content (AvgIpc) is 3.23. The molecule has 0 spiro atoms. The third-order valence-corrected chi connectivity index (χ3v) is 6.29. The SMILES string of the molecule is CCNC(=O)Oc1c(OCC)cc(C(=O)CN2Cc3cc(OCC)c(OCC)c(F)c3/C2=N/C)cc1C(C)(C)C. The molecule has 1 N–H and O–H groups in total. The summed E-state index contributed by atoms with van der Waals surface area (Å²) < 4.78 is 38.3. The normalized spacial score (nSPS) is 13.7. The van der Waals surface area contributed by atoms with Gasteiger partial charge in [-0.3, -0.25) is 9.79 Å². The second-order valence-corrected chi connectivity index (χ2v) is 10.2. The van der Waals surface area contributed by atoms with E-state index in [0.29, 0.717) is 59.3 Å². The van der Waals surface area contributed by atoms with Gasteiger partial charge in [-0.15, -0.1) is 0 Å². The molecule has 1 heterocycles. The largest absolute Gasteiger partial charge is 0.490 e. The highest BCUT2D eigenvalue weighted by Gasteiger charge is 2.34. The zero-order valence-electron chi connectivity index (χ0n) is 24.7. The average molecular weight is 558 g/mol. The minimum Gasteiger partial charge on any atom is -0.490 e. The molecule has 3 rings (SSSR count). The Balaban J connectivity index is 2.01. The number of nitrogens with one attached hydrogen (secondary N) is 1. The van der Waals surface area contributed by atoms with Crippen molar-refractivity contribution in [1.82, 2.24) is 10.2 Å². The second kappa shape index (κ2) is 13.0. The lowest BCUT2D eigenvalue weighted by atomic mass is 9.84. The van der Waals surface area contributed by atoms with Gasteiger partial charge >= 0.3 is 6.09 Å². The number of benzene rings is 2. The molecular formula is C30H40FN3O6. The van der Waals surface area contributed by atoms with Crippen molar-refractivity contribution < 1.29 is 32.9 Å². The number of carbonyl (C=O) groups excluding carboxylic acids is 2. The molecule has 0 saturated carbocycles. The smallest absolute Gasteiger partial charge is 0.412 e. The maximum Gasteiger partial charge on any atom is 0.412 e. The van der Waals surface area contributed by atoms with Gasteiger partial charge in [0.1, 0.15) is 5.84 Å². The number of aliphatic imine (C=N–C) groups is 1. The van der Waals surface area contributed by atoms with Crippen molar-refractivity contribution in [3.05, 3.63) is 46.3 Å². The summed E-state index contributed by atoms with van der Waals surface area (Å²) in [5.41, 5.74) is 1.52. The van der Waals surface area contributed by atoms with Crippen LogP contribution in [0.15, 0.2) is 23.2 Å². The predicted octanol–water partition coefficient (Wildman–Crippen LogP) is 5.50. The summed E-state index contributed by atoms with van der Waals surface area (Å²) in [6, 6.07) is 5.07. The fourth-order valence-electron chi connectivity index (χ4n) is 4.62. The summed E-state index contributed by atoms with van der Waals surface area (Å²) >= 11 is 0. The lowest BCUT2D eigenvalue weighted by Crippen LogP contribution is -2.31. The van der Waals surface area contributed by atoms with Gasteiger partial charge in [0.05, 0.1) is 31.9 Å². The molecule has 1 aliphatic heterocycles. The fourth-order valence-corrected chi connectivity index (χ4v) is 4.62. The Kier molecular flexibility index (Phi) is 10.0. The fraction of sp³-hybridized carbons (Fsp3) is 0.500. The van der Waals surface area contributed by atoms with Crippen LogP contribution < -0.4 is 24.3 Å². The number of carbonyl (C=O) groups is 2. The highest BCUT2D eigenvalue weighted by atomic mass is 19.1. The van der Waals surface area contributed by atoms with Crippen molar-refractivity contribution in [2.24, 2.45) is 4.99 Å².